The molecule has 0 amide bonds. The van der Waals surface area contributed by atoms with Crippen LogP contribution < -0.4 is 16.6 Å². The average molecular weight is 132 g/mol. The van der Waals surface area contributed by atoms with E-state index in [1.54, 1.807) is 7.05 Å². The minimum Gasteiger partial charge on any atom is -0.395 e. The number of guanidine groups is 1. The van der Waals surface area contributed by atoms with E-state index >= 15 is 0 Å². The summed E-state index contributed by atoms with van der Waals surface area (Å²) in [7, 11) is 1.60. The fourth-order valence-corrected chi connectivity index (χ4v) is 0.369. The summed E-state index contributed by atoms with van der Waals surface area (Å²) in [5.74, 6) is 5.48. The van der Waals surface area contributed by atoms with Crippen molar-refractivity contribution in [2.24, 2.45) is 10.8 Å². The summed E-state index contributed by atoms with van der Waals surface area (Å²) in [5.41, 5.74) is 2.31. The minimum atomic E-state index is 0.0701. The number of aliphatic hydroxyl groups excluding tert-OH is 1. The average Bonchev–Trinajstić information content (AvgIpc) is 1.91. The van der Waals surface area contributed by atoms with Gasteiger partial charge in [0.05, 0.1) is 6.61 Å². The van der Waals surface area contributed by atoms with E-state index in [0.717, 1.165) is 0 Å². The molecule has 0 aromatic rings. The first-order valence-electron chi connectivity index (χ1n) is 2.63. The molecule has 0 bridgehead atoms. The number of nitrogens with zero attached hydrogens (tertiary/aromatic N) is 1. The lowest BCUT2D eigenvalue weighted by Gasteiger charge is -2.04. The maximum Gasteiger partial charge on any atom is 0.205 e. The molecular weight excluding hydrogens is 120 g/mol. The summed E-state index contributed by atoms with van der Waals surface area (Å²) in [6.45, 7) is 0.525. The number of rotatable bonds is 2. The van der Waals surface area contributed by atoms with Crippen LogP contribution in [0.15, 0.2) is 4.99 Å². The molecule has 0 spiro atoms. The molecule has 0 aromatic heterocycles. The molecule has 0 saturated heterocycles. The highest BCUT2D eigenvalue weighted by molar-refractivity contribution is 5.78. The van der Waals surface area contributed by atoms with E-state index in [9.17, 15) is 0 Å². The van der Waals surface area contributed by atoms with Gasteiger partial charge < -0.3 is 10.4 Å². The van der Waals surface area contributed by atoms with Crippen LogP contribution in [-0.2, 0) is 0 Å². The van der Waals surface area contributed by atoms with Crippen molar-refractivity contribution in [2.45, 2.75) is 0 Å². The molecule has 0 heterocycles. The van der Waals surface area contributed by atoms with Gasteiger partial charge in [0.2, 0.25) is 5.96 Å². The third kappa shape index (κ3) is 3.75. The first-order chi connectivity index (χ1) is 4.35. The first kappa shape index (κ1) is 8.19. The molecule has 0 aliphatic rings. The monoisotopic (exact) mass is 132 g/mol. The molecule has 9 heavy (non-hydrogen) atoms. The summed E-state index contributed by atoms with van der Waals surface area (Å²) < 4.78 is 0. The molecule has 0 fully saturated rings. The molecule has 0 aliphatic heterocycles. The lowest BCUT2D eigenvalue weighted by Crippen LogP contribution is -2.42. The molecular formula is C4H12N4O. The zero-order valence-corrected chi connectivity index (χ0v) is 5.39. The Hall–Kier alpha value is -0.810. The van der Waals surface area contributed by atoms with Crippen molar-refractivity contribution in [2.75, 3.05) is 20.2 Å². The van der Waals surface area contributed by atoms with Crippen LogP contribution in [0.25, 0.3) is 0 Å². The van der Waals surface area contributed by atoms with E-state index in [-0.39, 0.29) is 6.61 Å². The van der Waals surface area contributed by atoms with Crippen LogP contribution in [0.2, 0.25) is 0 Å². The predicted octanol–water partition coefficient (Wildman–Crippen LogP) is -1.98. The maximum atomic E-state index is 8.32. The maximum absolute atomic E-state index is 8.32. The van der Waals surface area contributed by atoms with E-state index in [1.807, 2.05) is 0 Å². The smallest absolute Gasteiger partial charge is 0.205 e. The zero-order chi connectivity index (χ0) is 7.11. The van der Waals surface area contributed by atoms with Gasteiger partial charge >= 0.3 is 0 Å². The predicted molar refractivity (Wildman–Crippen MR) is 35.8 cm³/mol. The zero-order valence-electron chi connectivity index (χ0n) is 5.39. The molecule has 0 saturated carbocycles. The van der Waals surface area contributed by atoms with Crippen LogP contribution in [0.4, 0.5) is 0 Å². The van der Waals surface area contributed by atoms with E-state index in [0.29, 0.717) is 12.5 Å². The van der Waals surface area contributed by atoms with Gasteiger partial charge in [-0.15, -0.1) is 0 Å². The lowest BCUT2D eigenvalue weighted by molar-refractivity contribution is 0.300. The first-order valence-corrected chi connectivity index (χ1v) is 2.63. The summed E-state index contributed by atoms with van der Waals surface area (Å²) >= 11 is 0. The highest BCUT2D eigenvalue weighted by atomic mass is 16.3. The Morgan fingerprint density at radius 1 is 1.78 bits per heavy atom. The third-order valence-corrected chi connectivity index (χ3v) is 0.765. The van der Waals surface area contributed by atoms with Crippen LogP contribution >= 0.6 is 0 Å². The molecule has 0 unspecified atom stereocenters. The van der Waals surface area contributed by atoms with Gasteiger partial charge in [0.15, 0.2) is 0 Å². The fraction of sp³-hybridized carbons (Fsp3) is 0.750. The topological polar surface area (TPSA) is 82.7 Å². The molecule has 0 radical (unpaired) electrons. The van der Waals surface area contributed by atoms with Crippen LogP contribution in [0.3, 0.4) is 0 Å². The van der Waals surface area contributed by atoms with Gasteiger partial charge in [-0.05, 0) is 0 Å². The van der Waals surface area contributed by atoms with Crippen LogP contribution in [0, 0.1) is 0 Å². The van der Waals surface area contributed by atoms with Crippen LogP contribution in [0.1, 0.15) is 0 Å². The number of hydrazine groups is 1. The van der Waals surface area contributed by atoms with Gasteiger partial charge in [0.25, 0.3) is 0 Å². The van der Waals surface area contributed by atoms with Crippen molar-refractivity contribution < 1.29 is 5.11 Å². The van der Waals surface area contributed by atoms with Crippen LogP contribution in [0.5, 0.6) is 0 Å². The number of aliphatic imine (C=N–C) groups is 1. The third-order valence-electron chi connectivity index (χ3n) is 0.765. The van der Waals surface area contributed by atoms with Crippen molar-refractivity contribution >= 4 is 5.96 Å². The largest absolute Gasteiger partial charge is 0.395 e. The van der Waals surface area contributed by atoms with Crippen molar-refractivity contribution in [3.63, 3.8) is 0 Å². The second-order valence-electron chi connectivity index (χ2n) is 1.37. The van der Waals surface area contributed by atoms with Crippen molar-refractivity contribution in [1.29, 1.82) is 0 Å². The number of hydrogen-bond donors (Lipinski definition) is 4. The lowest BCUT2D eigenvalue weighted by atomic mass is 10.7. The normalized spacial score (nSPS) is 11.2. The van der Waals surface area contributed by atoms with Gasteiger partial charge in [-0.2, -0.15) is 0 Å². The van der Waals surface area contributed by atoms with Gasteiger partial charge in [-0.3, -0.25) is 10.4 Å². The van der Waals surface area contributed by atoms with E-state index < -0.39 is 0 Å². The van der Waals surface area contributed by atoms with Gasteiger partial charge in [-0.25, -0.2) is 5.84 Å². The number of hydrogen-bond acceptors (Lipinski definition) is 3. The molecule has 0 atom stereocenters. The summed E-state index contributed by atoms with van der Waals surface area (Å²) in [4.78, 5) is 3.70. The fourth-order valence-electron chi connectivity index (χ4n) is 0.369. The van der Waals surface area contributed by atoms with Crippen molar-refractivity contribution in [3.8, 4) is 0 Å². The number of nitrogens with two attached hydrogens (primary N) is 1. The highest BCUT2D eigenvalue weighted by Gasteiger charge is 1.88. The number of nitrogens with one attached hydrogen (secondary N) is 2. The Labute approximate surface area is 53.9 Å². The molecule has 5 heteroatoms. The minimum absolute atomic E-state index is 0.0701. The van der Waals surface area contributed by atoms with Crippen molar-refractivity contribution in [3.05, 3.63) is 0 Å². The molecule has 5 N–H and O–H groups in total. The van der Waals surface area contributed by atoms with Crippen LogP contribution in [-0.4, -0.2) is 31.3 Å². The standard InChI is InChI=1S/C4H12N4O/c1-6-4(8-5)7-2-3-9/h9H,2-3,5H2,1H3,(H2,6,7,8). The molecule has 5 nitrogen and oxygen atoms in total. The summed E-state index contributed by atoms with van der Waals surface area (Å²) in [6.07, 6.45) is 0. The molecule has 54 valence electrons. The molecule has 0 aromatic carbocycles. The quantitative estimate of drug-likeness (QED) is 0.152. The number of aliphatic hydroxyl groups is 1. The second-order valence-corrected chi connectivity index (χ2v) is 1.37. The van der Waals surface area contributed by atoms with Crippen molar-refractivity contribution in [1.82, 2.24) is 10.7 Å². The summed E-state index contributed by atoms with van der Waals surface area (Å²) in [6, 6.07) is 0. The van der Waals surface area contributed by atoms with E-state index in [4.69, 9.17) is 10.9 Å². The Morgan fingerprint density at radius 3 is 2.78 bits per heavy atom. The Bertz CT molecular complexity index is 92.6. The van der Waals surface area contributed by atoms with E-state index in [2.05, 4.69) is 15.7 Å². The molecule has 0 rings (SSSR count). The SMILES string of the molecule is CN=C(NN)NCCO. The van der Waals surface area contributed by atoms with Gasteiger partial charge in [0, 0.05) is 13.6 Å². The highest BCUT2D eigenvalue weighted by Crippen LogP contribution is 1.60. The molecule has 0 aliphatic carbocycles. The Kier molecular flexibility index (Phi) is 4.85. The van der Waals surface area contributed by atoms with Gasteiger partial charge in [0.1, 0.15) is 0 Å². The Morgan fingerprint density at radius 2 is 2.44 bits per heavy atom. The second kappa shape index (κ2) is 5.33. The van der Waals surface area contributed by atoms with Gasteiger partial charge in [-0.1, -0.05) is 0 Å². The summed E-state index contributed by atoms with van der Waals surface area (Å²) in [5, 5.41) is 11.1. The Balaban J connectivity index is 3.33. The van der Waals surface area contributed by atoms with E-state index in [1.165, 1.54) is 0 Å².